The van der Waals surface area contributed by atoms with E-state index in [1.54, 1.807) is 0 Å². The van der Waals surface area contributed by atoms with Gasteiger partial charge in [-0.2, -0.15) is 0 Å². The average molecular weight is 167 g/mol. The van der Waals surface area contributed by atoms with Crippen molar-refractivity contribution in [2.45, 2.75) is 5.03 Å². The molecular formula is C6H5N3OS. The van der Waals surface area contributed by atoms with Crippen LogP contribution in [0.15, 0.2) is 22.2 Å². The molecule has 0 atom stereocenters. The van der Waals surface area contributed by atoms with Crippen LogP contribution in [0.3, 0.4) is 0 Å². The van der Waals surface area contributed by atoms with E-state index in [-0.39, 0.29) is 5.43 Å². The standard InChI is InChI=1S/C6H5N3OS/c10-3-1-4(11)9-6-5(3)7-2-8-6/h1-2H,(H3,7,8,9,10,11). The van der Waals surface area contributed by atoms with Gasteiger partial charge in [0, 0.05) is 6.07 Å². The van der Waals surface area contributed by atoms with E-state index in [1.165, 1.54) is 12.4 Å². The third-order valence-corrected chi connectivity index (χ3v) is 1.64. The first-order valence-corrected chi connectivity index (χ1v) is 3.47. The SMILES string of the molecule is O=c1cc(S)[nH]c2nc[nH]c12. The maximum absolute atomic E-state index is 11.1. The molecule has 0 aliphatic heterocycles. The Kier molecular flexibility index (Phi) is 1.25. The fraction of sp³-hybridized carbons (Fsp3) is 0. The molecule has 4 nitrogen and oxygen atoms in total. The summed E-state index contributed by atoms with van der Waals surface area (Å²) in [5.41, 5.74) is 0.937. The molecule has 56 valence electrons. The molecule has 2 aromatic heterocycles. The van der Waals surface area contributed by atoms with Crippen molar-refractivity contribution in [3.05, 3.63) is 22.6 Å². The molecule has 2 heterocycles. The van der Waals surface area contributed by atoms with Crippen LogP contribution in [0, 0.1) is 0 Å². The van der Waals surface area contributed by atoms with E-state index >= 15 is 0 Å². The molecule has 0 aromatic carbocycles. The lowest BCUT2D eigenvalue weighted by Gasteiger charge is -1.89. The van der Waals surface area contributed by atoms with Gasteiger partial charge in [0.1, 0.15) is 5.52 Å². The van der Waals surface area contributed by atoms with Crippen molar-refractivity contribution >= 4 is 23.8 Å². The second kappa shape index (κ2) is 2.13. The van der Waals surface area contributed by atoms with Crippen molar-refractivity contribution in [2.75, 3.05) is 0 Å². The maximum Gasteiger partial charge on any atom is 0.208 e. The number of hydrogen-bond donors (Lipinski definition) is 3. The number of pyridine rings is 1. The molecule has 0 bridgehead atoms. The molecule has 2 rings (SSSR count). The lowest BCUT2D eigenvalue weighted by Crippen LogP contribution is -2.00. The van der Waals surface area contributed by atoms with Crippen LogP contribution in [0.5, 0.6) is 0 Å². The average Bonchev–Trinajstić information content (AvgIpc) is 2.34. The summed E-state index contributed by atoms with van der Waals surface area (Å²) in [6, 6.07) is 1.41. The number of nitrogens with zero attached hydrogens (tertiary/aromatic N) is 1. The van der Waals surface area contributed by atoms with Gasteiger partial charge in [-0.1, -0.05) is 0 Å². The van der Waals surface area contributed by atoms with Gasteiger partial charge in [-0.3, -0.25) is 4.79 Å². The van der Waals surface area contributed by atoms with Gasteiger partial charge in [0.2, 0.25) is 5.43 Å². The van der Waals surface area contributed by atoms with Gasteiger partial charge in [0.05, 0.1) is 11.4 Å². The number of H-pyrrole nitrogens is 2. The molecule has 0 radical (unpaired) electrons. The van der Waals surface area contributed by atoms with Crippen molar-refractivity contribution in [3.8, 4) is 0 Å². The number of imidazole rings is 1. The molecule has 0 amide bonds. The molecule has 5 heteroatoms. The lowest BCUT2D eigenvalue weighted by atomic mass is 10.4. The van der Waals surface area contributed by atoms with E-state index in [2.05, 4.69) is 27.6 Å². The summed E-state index contributed by atoms with van der Waals surface area (Å²) in [6.45, 7) is 0. The van der Waals surface area contributed by atoms with E-state index in [1.807, 2.05) is 0 Å². The molecule has 0 unspecified atom stereocenters. The van der Waals surface area contributed by atoms with Crippen molar-refractivity contribution in [1.29, 1.82) is 0 Å². The van der Waals surface area contributed by atoms with Crippen molar-refractivity contribution < 1.29 is 0 Å². The maximum atomic E-state index is 11.1. The first-order chi connectivity index (χ1) is 5.27. The van der Waals surface area contributed by atoms with E-state index in [4.69, 9.17) is 0 Å². The lowest BCUT2D eigenvalue weighted by molar-refractivity contribution is 1.16. The molecular weight excluding hydrogens is 162 g/mol. The van der Waals surface area contributed by atoms with Crippen LogP contribution in [0.25, 0.3) is 11.2 Å². The van der Waals surface area contributed by atoms with Gasteiger partial charge in [0.15, 0.2) is 5.65 Å². The van der Waals surface area contributed by atoms with Crippen molar-refractivity contribution in [2.24, 2.45) is 0 Å². The van der Waals surface area contributed by atoms with Crippen LogP contribution in [-0.4, -0.2) is 15.0 Å². The number of aromatic nitrogens is 3. The van der Waals surface area contributed by atoms with Gasteiger partial charge in [-0.15, -0.1) is 12.6 Å². The molecule has 0 aliphatic carbocycles. The third-order valence-electron chi connectivity index (χ3n) is 1.40. The molecule has 2 N–H and O–H groups in total. The highest BCUT2D eigenvalue weighted by Gasteiger charge is 2.00. The zero-order valence-electron chi connectivity index (χ0n) is 5.46. The Labute approximate surface area is 67.1 Å². The minimum Gasteiger partial charge on any atom is -0.340 e. The number of thiol groups is 1. The molecule has 0 spiro atoms. The minimum absolute atomic E-state index is 0.0961. The number of hydrogen-bond acceptors (Lipinski definition) is 3. The van der Waals surface area contributed by atoms with Gasteiger partial charge in [-0.05, 0) is 0 Å². The highest BCUT2D eigenvalue weighted by Crippen LogP contribution is 2.03. The van der Waals surface area contributed by atoms with Crippen molar-refractivity contribution in [1.82, 2.24) is 15.0 Å². The largest absolute Gasteiger partial charge is 0.340 e. The monoisotopic (exact) mass is 167 g/mol. The Hall–Kier alpha value is -1.23. The topological polar surface area (TPSA) is 61.5 Å². The summed E-state index contributed by atoms with van der Waals surface area (Å²) >= 11 is 4.00. The Balaban J connectivity index is 3.02. The predicted octanol–water partition coefficient (Wildman–Crippen LogP) is 0.540. The van der Waals surface area contributed by atoms with Crippen LogP contribution >= 0.6 is 12.6 Å². The highest BCUT2D eigenvalue weighted by atomic mass is 32.1. The summed E-state index contributed by atoms with van der Waals surface area (Å²) in [5, 5.41) is 0.523. The summed E-state index contributed by atoms with van der Waals surface area (Å²) in [7, 11) is 0. The fourth-order valence-corrected chi connectivity index (χ4v) is 1.15. The first-order valence-electron chi connectivity index (χ1n) is 3.03. The second-order valence-electron chi connectivity index (χ2n) is 2.14. The Morgan fingerprint density at radius 2 is 2.36 bits per heavy atom. The molecule has 0 saturated heterocycles. The summed E-state index contributed by atoms with van der Waals surface area (Å²) in [4.78, 5) is 20.6. The van der Waals surface area contributed by atoms with E-state index < -0.39 is 0 Å². The molecule has 0 aliphatic rings. The van der Waals surface area contributed by atoms with Gasteiger partial charge >= 0.3 is 0 Å². The Morgan fingerprint density at radius 1 is 1.55 bits per heavy atom. The van der Waals surface area contributed by atoms with Gasteiger partial charge in [-0.25, -0.2) is 4.98 Å². The second-order valence-corrected chi connectivity index (χ2v) is 2.63. The minimum atomic E-state index is -0.0961. The Morgan fingerprint density at radius 3 is 3.18 bits per heavy atom. The number of nitrogens with one attached hydrogen (secondary N) is 2. The molecule has 2 aromatic rings. The van der Waals surface area contributed by atoms with Crippen molar-refractivity contribution in [3.63, 3.8) is 0 Å². The van der Waals surface area contributed by atoms with Crippen LogP contribution < -0.4 is 5.43 Å². The number of fused-ring (bicyclic) bond motifs is 1. The van der Waals surface area contributed by atoms with Crippen LogP contribution in [-0.2, 0) is 0 Å². The molecule has 0 saturated carbocycles. The fourth-order valence-electron chi connectivity index (χ4n) is 0.931. The third kappa shape index (κ3) is 0.932. The zero-order valence-corrected chi connectivity index (χ0v) is 6.35. The van der Waals surface area contributed by atoms with Gasteiger partial charge < -0.3 is 9.97 Å². The smallest absolute Gasteiger partial charge is 0.208 e. The predicted molar refractivity (Wildman–Crippen MR) is 44.0 cm³/mol. The quantitative estimate of drug-likeness (QED) is 0.501. The number of rotatable bonds is 0. The Bertz CT molecular complexity index is 444. The van der Waals surface area contributed by atoms with Crippen LogP contribution in [0.1, 0.15) is 0 Å². The summed E-state index contributed by atoms with van der Waals surface area (Å²) < 4.78 is 0. The number of aromatic amines is 2. The van der Waals surface area contributed by atoms with E-state index in [0.29, 0.717) is 16.2 Å². The molecule has 0 fully saturated rings. The van der Waals surface area contributed by atoms with Gasteiger partial charge in [0.25, 0.3) is 0 Å². The molecule has 11 heavy (non-hydrogen) atoms. The van der Waals surface area contributed by atoms with E-state index in [9.17, 15) is 4.79 Å². The summed E-state index contributed by atoms with van der Waals surface area (Å²) in [5.74, 6) is 0. The normalized spacial score (nSPS) is 10.6. The van der Waals surface area contributed by atoms with Crippen LogP contribution in [0.2, 0.25) is 0 Å². The van der Waals surface area contributed by atoms with Crippen LogP contribution in [0.4, 0.5) is 0 Å². The highest BCUT2D eigenvalue weighted by molar-refractivity contribution is 7.80. The first kappa shape index (κ1) is 6.48. The zero-order chi connectivity index (χ0) is 7.84. The van der Waals surface area contributed by atoms with E-state index in [0.717, 1.165) is 0 Å². The summed E-state index contributed by atoms with van der Waals surface area (Å²) in [6.07, 6.45) is 1.47.